The summed E-state index contributed by atoms with van der Waals surface area (Å²) in [6.07, 6.45) is 2.53. The number of halogens is 2. The lowest BCUT2D eigenvalue weighted by molar-refractivity contribution is -0.140. The first-order chi connectivity index (χ1) is 20.1. The zero-order valence-corrected chi connectivity index (χ0v) is 24.7. The fourth-order valence-electron chi connectivity index (χ4n) is 4.95. The maximum Gasteiger partial charge on any atom is 0.239 e. The van der Waals surface area contributed by atoms with Gasteiger partial charge in [-0.05, 0) is 43.4 Å². The third-order valence-corrected chi connectivity index (χ3v) is 7.56. The molecular formula is C30H36ClFN6O4. The Hall–Kier alpha value is -3.64. The van der Waals surface area contributed by atoms with E-state index in [9.17, 15) is 18.8 Å². The molecule has 1 aromatic heterocycles. The van der Waals surface area contributed by atoms with E-state index in [1.807, 2.05) is 43.0 Å². The highest BCUT2D eigenvalue weighted by molar-refractivity contribution is 6.31. The smallest absolute Gasteiger partial charge is 0.239 e. The fraction of sp³-hybridized carbons (Fsp3) is 0.400. The van der Waals surface area contributed by atoms with E-state index in [1.165, 1.54) is 24.1 Å². The van der Waals surface area contributed by atoms with E-state index < -0.39 is 11.9 Å². The summed E-state index contributed by atoms with van der Waals surface area (Å²) in [5.74, 6) is -0.696. The summed E-state index contributed by atoms with van der Waals surface area (Å²) >= 11 is 6.13. The van der Waals surface area contributed by atoms with Gasteiger partial charge in [0, 0.05) is 56.6 Å². The van der Waals surface area contributed by atoms with Gasteiger partial charge in [-0.1, -0.05) is 48.0 Å². The normalized spacial score (nSPS) is 15.3. The van der Waals surface area contributed by atoms with Gasteiger partial charge in [0.2, 0.25) is 18.2 Å². The minimum absolute atomic E-state index is 0.0466. The third-order valence-electron chi connectivity index (χ3n) is 7.14. The van der Waals surface area contributed by atoms with Gasteiger partial charge in [0.15, 0.2) is 5.82 Å². The summed E-state index contributed by atoms with van der Waals surface area (Å²) < 4.78 is 14.0. The molecule has 1 atom stereocenters. The molecule has 2 N–H and O–H groups in total. The van der Waals surface area contributed by atoms with E-state index in [0.29, 0.717) is 31.6 Å². The number of carbonyl (C=O) groups is 3. The Labute approximate surface area is 249 Å². The molecule has 42 heavy (non-hydrogen) atoms. The number of pyridine rings is 1. The quantitative estimate of drug-likeness (QED) is 0.241. The van der Waals surface area contributed by atoms with Crippen LogP contribution in [0.2, 0.25) is 5.02 Å². The maximum absolute atomic E-state index is 14.0. The standard InChI is InChI=1S/C30H36ClFN6O4/c1-21(40)38(35-17-24-9-6-10-26(32)29(24)31)25(11-12-28(41)36-14-13-34-30(2,3)19-36)18-42-37(20-39)27-15-22-7-4-5-8-23(22)16-33-27/h4-10,15-16,20,25,34-35H,11-14,17-19H2,1-3H3/t25-/m0/s1. The minimum atomic E-state index is -0.669. The van der Waals surface area contributed by atoms with Crippen molar-refractivity contribution in [2.75, 3.05) is 31.3 Å². The van der Waals surface area contributed by atoms with Crippen molar-refractivity contribution in [1.82, 2.24) is 25.6 Å². The van der Waals surface area contributed by atoms with Crippen LogP contribution in [0.4, 0.5) is 10.2 Å². The zero-order valence-electron chi connectivity index (χ0n) is 24.0. The molecule has 1 saturated heterocycles. The molecule has 0 radical (unpaired) electrons. The molecule has 12 heteroatoms. The van der Waals surface area contributed by atoms with Crippen molar-refractivity contribution in [3.05, 3.63) is 71.1 Å². The molecule has 3 aromatic rings. The molecular weight excluding hydrogens is 563 g/mol. The van der Waals surface area contributed by atoms with Crippen LogP contribution in [0.25, 0.3) is 10.8 Å². The van der Waals surface area contributed by atoms with Crippen LogP contribution in [-0.2, 0) is 25.8 Å². The van der Waals surface area contributed by atoms with Crippen LogP contribution in [0.15, 0.2) is 54.7 Å². The number of aromatic nitrogens is 1. The lowest BCUT2D eigenvalue weighted by atomic mass is 10.0. The number of hydrogen-bond acceptors (Lipinski definition) is 7. The van der Waals surface area contributed by atoms with E-state index in [0.717, 1.165) is 15.8 Å². The van der Waals surface area contributed by atoms with Crippen LogP contribution in [0.3, 0.4) is 0 Å². The van der Waals surface area contributed by atoms with E-state index in [2.05, 4.69) is 15.7 Å². The molecule has 0 aliphatic carbocycles. The number of anilines is 1. The summed E-state index contributed by atoms with van der Waals surface area (Å²) in [4.78, 5) is 50.0. The first-order valence-electron chi connectivity index (χ1n) is 13.8. The Bertz CT molecular complexity index is 1420. The number of rotatable bonds is 12. The van der Waals surface area contributed by atoms with Gasteiger partial charge >= 0.3 is 0 Å². The van der Waals surface area contributed by atoms with Gasteiger partial charge in [-0.2, -0.15) is 5.06 Å². The lowest BCUT2D eigenvalue weighted by Crippen LogP contribution is -2.58. The molecule has 2 aromatic carbocycles. The second-order valence-corrected chi connectivity index (χ2v) is 11.2. The predicted octanol–water partition coefficient (Wildman–Crippen LogP) is 3.83. The molecule has 0 spiro atoms. The molecule has 3 amide bonds. The second kappa shape index (κ2) is 14.0. The topological polar surface area (TPSA) is 107 Å². The number of hydroxylamine groups is 1. The molecule has 2 heterocycles. The third kappa shape index (κ3) is 8.01. The Morgan fingerprint density at radius 3 is 2.71 bits per heavy atom. The Kier molecular flexibility index (Phi) is 10.4. The summed E-state index contributed by atoms with van der Waals surface area (Å²) in [6.45, 7) is 7.21. The summed E-state index contributed by atoms with van der Waals surface area (Å²) in [7, 11) is 0. The van der Waals surface area contributed by atoms with Gasteiger partial charge in [0.25, 0.3) is 0 Å². The van der Waals surface area contributed by atoms with E-state index >= 15 is 0 Å². The molecule has 1 aliphatic rings. The van der Waals surface area contributed by atoms with Crippen LogP contribution < -0.4 is 15.8 Å². The van der Waals surface area contributed by atoms with E-state index in [4.69, 9.17) is 16.4 Å². The maximum atomic E-state index is 14.0. The molecule has 4 rings (SSSR count). The van der Waals surface area contributed by atoms with Crippen molar-refractivity contribution in [1.29, 1.82) is 0 Å². The second-order valence-electron chi connectivity index (χ2n) is 10.9. The van der Waals surface area contributed by atoms with Crippen LogP contribution in [-0.4, -0.2) is 70.9 Å². The van der Waals surface area contributed by atoms with Crippen molar-refractivity contribution >= 4 is 46.4 Å². The summed E-state index contributed by atoms with van der Waals surface area (Å²) in [5, 5.41) is 7.46. The fourth-order valence-corrected chi connectivity index (χ4v) is 5.14. The number of nitrogens with one attached hydrogen (secondary N) is 2. The Balaban J connectivity index is 1.51. The monoisotopic (exact) mass is 598 g/mol. The molecule has 0 unspecified atom stereocenters. The van der Waals surface area contributed by atoms with E-state index in [1.54, 1.807) is 18.3 Å². The summed E-state index contributed by atoms with van der Waals surface area (Å²) in [5.41, 5.74) is 3.27. The first kappa shape index (κ1) is 31.3. The van der Waals surface area contributed by atoms with Crippen molar-refractivity contribution in [2.24, 2.45) is 0 Å². The predicted molar refractivity (Wildman–Crippen MR) is 159 cm³/mol. The first-order valence-corrected chi connectivity index (χ1v) is 14.2. The average Bonchev–Trinajstić information content (AvgIpc) is 2.96. The van der Waals surface area contributed by atoms with Crippen LogP contribution in [0.5, 0.6) is 0 Å². The number of benzene rings is 2. The van der Waals surface area contributed by atoms with Crippen LogP contribution in [0.1, 0.15) is 39.2 Å². The number of hydrogen-bond donors (Lipinski definition) is 2. The van der Waals surface area contributed by atoms with Crippen molar-refractivity contribution < 1.29 is 23.6 Å². The molecule has 1 aliphatic heterocycles. The van der Waals surface area contributed by atoms with Crippen LogP contribution >= 0.6 is 11.6 Å². The molecule has 224 valence electrons. The van der Waals surface area contributed by atoms with Gasteiger partial charge < -0.3 is 10.2 Å². The largest absolute Gasteiger partial charge is 0.340 e. The SMILES string of the molecule is CC(=O)N(NCc1cccc(F)c1Cl)[C@@H](CCC(=O)N1CCNC(C)(C)C1)CON(C=O)c1cc2ccccc2cn1. The highest BCUT2D eigenvalue weighted by atomic mass is 35.5. The molecule has 0 bridgehead atoms. The van der Waals surface area contributed by atoms with Gasteiger partial charge in [-0.15, -0.1) is 0 Å². The molecule has 1 fully saturated rings. The number of carbonyl (C=O) groups excluding carboxylic acids is 3. The van der Waals surface area contributed by atoms with Crippen LogP contribution in [0, 0.1) is 5.82 Å². The number of piperazine rings is 1. The summed E-state index contributed by atoms with van der Waals surface area (Å²) in [6, 6.07) is 13.1. The minimum Gasteiger partial charge on any atom is -0.340 e. The number of nitrogens with zero attached hydrogens (tertiary/aromatic N) is 4. The Morgan fingerprint density at radius 2 is 2.00 bits per heavy atom. The van der Waals surface area contributed by atoms with Gasteiger partial charge in [-0.25, -0.2) is 14.8 Å². The number of hydrazine groups is 1. The van der Waals surface area contributed by atoms with Crippen molar-refractivity contribution in [3.63, 3.8) is 0 Å². The van der Waals surface area contributed by atoms with E-state index in [-0.39, 0.29) is 54.2 Å². The van der Waals surface area contributed by atoms with Crippen molar-refractivity contribution in [2.45, 2.75) is 51.7 Å². The van der Waals surface area contributed by atoms with Crippen molar-refractivity contribution in [3.8, 4) is 0 Å². The number of amides is 3. The lowest BCUT2D eigenvalue weighted by Gasteiger charge is -2.39. The average molecular weight is 599 g/mol. The Morgan fingerprint density at radius 1 is 1.24 bits per heavy atom. The van der Waals surface area contributed by atoms with Gasteiger partial charge in [-0.3, -0.25) is 24.2 Å². The molecule has 10 nitrogen and oxygen atoms in total. The zero-order chi connectivity index (χ0) is 30.3. The highest BCUT2D eigenvalue weighted by Crippen LogP contribution is 2.22. The molecule has 0 saturated carbocycles. The van der Waals surface area contributed by atoms with Gasteiger partial charge in [0.05, 0.1) is 17.7 Å². The highest BCUT2D eigenvalue weighted by Gasteiger charge is 2.30. The van der Waals surface area contributed by atoms with Gasteiger partial charge in [0.1, 0.15) is 5.82 Å². The number of fused-ring (bicyclic) bond motifs is 1.